The molecule has 0 aliphatic rings. The van der Waals surface area contributed by atoms with Crippen LogP contribution in [0, 0.1) is 5.82 Å². The highest BCUT2D eigenvalue weighted by Crippen LogP contribution is 2.26. The number of aromatic nitrogens is 1. The molecule has 0 aliphatic heterocycles. The van der Waals surface area contributed by atoms with E-state index in [9.17, 15) is 14.3 Å². The van der Waals surface area contributed by atoms with Gasteiger partial charge in [-0.2, -0.15) is 0 Å². The van der Waals surface area contributed by atoms with E-state index >= 15 is 0 Å². The van der Waals surface area contributed by atoms with Crippen LogP contribution in [0.1, 0.15) is 44.2 Å². The third-order valence-corrected chi connectivity index (χ3v) is 5.71. The van der Waals surface area contributed by atoms with E-state index in [0.717, 1.165) is 42.9 Å². The van der Waals surface area contributed by atoms with Crippen LogP contribution in [0.3, 0.4) is 0 Å². The molecule has 0 amide bonds. The molecule has 188 valence electrons. The van der Waals surface area contributed by atoms with E-state index in [1.54, 1.807) is 45.4 Å². The smallest absolute Gasteiger partial charge is 0.313 e. The Morgan fingerprint density at radius 3 is 2.46 bits per heavy atom. The van der Waals surface area contributed by atoms with Gasteiger partial charge in [0.25, 0.3) is 0 Å². The zero-order valence-electron chi connectivity index (χ0n) is 20.9. The Labute approximate surface area is 207 Å². The molecular formula is C28H36FN3O3. The molecule has 35 heavy (non-hydrogen) atoms. The Kier molecular flexibility index (Phi) is 11.2. The van der Waals surface area contributed by atoms with E-state index in [2.05, 4.69) is 28.6 Å². The lowest BCUT2D eigenvalue weighted by atomic mass is 9.83. The largest absolute Gasteiger partial charge is 0.481 e. The number of ether oxygens (including phenoxy) is 1. The Balaban J connectivity index is 0.000000527. The molecule has 7 heteroatoms. The number of benzene rings is 2. The van der Waals surface area contributed by atoms with Crippen molar-refractivity contribution in [3.63, 3.8) is 0 Å². The second-order valence-corrected chi connectivity index (χ2v) is 8.80. The third-order valence-electron chi connectivity index (χ3n) is 5.71. The van der Waals surface area contributed by atoms with Crippen molar-refractivity contribution in [3.8, 4) is 5.88 Å². The highest BCUT2D eigenvalue weighted by molar-refractivity contribution is 5.80. The van der Waals surface area contributed by atoms with Crippen molar-refractivity contribution in [1.82, 2.24) is 10.3 Å². The van der Waals surface area contributed by atoms with Crippen LogP contribution in [0.25, 0.3) is 0 Å². The molecule has 0 fully saturated rings. The number of pyridine rings is 1. The average molecular weight is 482 g/mol. The molecule has 6 nitrogen and oxygen atoms in total. The number of carboxylic acids is 1. The fraction of sp³-hybridized carbons (Fsp3) is 0.357. The molecule has 2 aromatic carbocycles. The Morgan fingerprint density at radius 2 is 1.83 bits per heavy atom. The quantitative estimate of drug-likeness (QED) is 0.315. The van der Waals surface area contributed by atoms with E-state index in [0.29, 0.717) is 11.8 Å². The van der Waals surface area contributed by atoms with Gasteiger partial charge in [0.15, 0.2) is 0 Å². The van der Waals surface area contributed by atoms with Crippen LogP contribution in [0.4, 0.5) is 10.1 Å². The Hall–Kier alpha value is -3.45. The predicted molar refractivity (Wildman–Crippen MR) is 139 cm³/mol. The third kappa shape index (κ3) is 9.02. The van der Waals surface area contributed by atoms with Gasteiger partial charge in [-0.15, -0.1) is 0 Å². The predicted octanol–water partition coefficient (Wildman–Crippen LogP) is 5.47. The van der Waals surface area contributed by atoms with Crippen LogP contribution < -0.4 is 15.4 Å². The minimum absolute atomic E-state index is 0.178. The summed E-state index contributed by atoms with van der Waals surface area (Å²) in [6.45, 7) is 8.18. The number of hydrogen-bond acceptors (Lipinski definition) is 5. The van der Waals surface area contributed by atoms with Crippen LogP contribution in [-0.4, -0.2) is 42.8 Å². The normalized spacial score (nSPS) is 11.7. The summed E-state index contributed by atoms with van der Waals surface area (Å²) in [6, 6.07) is 19.7. The molecule has 3 rings (SSSR count). The first kappa shape index (κ1) is 27.8. The second kappa shape index (κ2) is 14.1. The van der Waals surface area contributed by atoms with E-state index < -0.39 is 11.4 Å². The SMILES string of the molecule is COc1ncccc1NCCCNCC(C)c1cccc(C(C)(C)C(=O)O)c1.Fc1ccccc1. The minimum Gasteiger partial charge on any atom is -0.481 e. The summed E-state index contributed by atoms with van der Waals surface area (Å²) < 4.78 is 17.1. The molecule has 1 atom stereocenters. The lowest BCUT2D eigenvalue weighted by molar-refractivity contribution is -0.142. The van der Waals surface area contributed by atoms with Crippen molar-refractivity contribution in [2.45, 2.75) is 38.5 Å². The van der Waals surface area contributed by atoms with Gasteiger partial charge in [-0.05, 0) is 68.1 Å². The fourth-order valence-electron chi connectivity index (χ4n) is 3.33. The van der Waals surface area contributed by atoms with Gasteiger partial charge in [0.05, 0.1) is 18.2 Å². The van der Waals surface area contributed by atoms with Crippen molar-refractivity contribution in [3.05, 3.63) is 89.9 Å². The Morgan fingerprint density at radius 1 is 1.09 bits per heavy atom. The maximum absolute atomic E-state index is 11.9. The fourth-order valence-corrected chi connectivity index (χ4v) is 3.33. The number of aliphatic carboxylic acids is 1. The number of carbonyl (C=O) groups is 1. The molecule has 1 heterocycles. The van der Waals surface area contributed by atoms with Crippen LogP contribution in [-0.2, 0) is 10.2 Å². The van der Waals surface area contributed by atoms with Crippen LogP contribution in [0.15, 0.2) is 72.9 Å². The first-order valence-corrected chi connectivity index (χ1v) is 11.7. The lowest BCUT2D eigenvalue weighted by Gasteiger charge is -2.22. The minimum atomic E-state index is -0.887. The van der Waals surface area contributed by atoms with Gasteiger partial charge in [-0.3, -0.25) is 4.79 Å². The first-order valence-electron chi connectivity index (χ1n) is 11.7. The molecule has 1 aromatic heterocycles. The number of hydrogen-bond donors (Lipinski definition) is 3. The van der Waals surface area contributed by atoms with Crippen molar-refractivity contribution in [2.75, 3.05) is 32.1 Å². The standard InChI is InChI=1S/C22H31N3O3.C6H5F/c1-16(17-8-5-9-18(14-17)22(2,3)21(26)27)15-23-11-7-13-24-19-10-6-12-25-20(19)28-4;7-6-4-2-1-3-5-6/h5-6,8-10,12,14,16,23-24H,7,11,13,15H2,1-4H3,(H,26,27);1-5H. The second-order valence-electron chi connectivity index (χ2n) is 8.80. The lowest BCUT2D eigenvalue weighted by Crippen LogP contribution is -2.29. The molecule has 0 spiro atoms. The zero-order chi connectivity index (χ0) is 25.7. The van der Waals surface area contributed by atoms with Gasteiger partial charge in [-0.1, -0.05) is 49.4 Å². The summed E-state index contributed by atoms with van der Waals surface area (Å²) in [5, 5.41) is 16.2. The van der Waals surface area contributed by atoms with Crippen molar-refractivity contribution in [2.24, 2.45) is 0 Å². The maximum atomic E-state index is 11.9. The van der Waals surface area contributed by atoms with E-state index in [4.69, 9.17) is 4.74 Å². The van der Waals surface area contributed by atoms with Crippen molar-refractivity contribution < 1.29 is 19.0 Å². The highest BCUT2D eigenvalue weighted by atomic mass is 19.1. The molecular weight excluding hydrogens is 445 g/mol. The molecule has 0 bridgehead atoms. The van der Waals surface area contributed by atoms with Crippen molar-refractivity contribution in [1.29, 1.82) is 0 Å². The summed E-state index contributed by atoms with van der Waals surface area (Å²) in [5.41, 5.74) is 2.00. The van der Waals surface area contributed by atoms with Crippen molar-refractivity contribution >= 4 is 11.7 Å². The molecule has 0 saturated carbocycles. The molecule has 0 aliphatic carbocycles. The molecule has 0 radical (unpaired) electrons. The van der Waals surface area contributed by atoms with Crippen LogP contribution >= 0.6 is 0 Å². The summed E-state index contributed by atoms with van der Waals surface area (Å²) in [5.74, 6) is -0.0835. The summed E-state index contributed by atoms with van der Waals surface area (Å²) in [4.78, 5) is 15.7. The molecule has 1 unspecified atom stereocenters. The average Bonchev–Trinajstić information content (AvgIpc) is 2.87. The van der Waals surface area contributed by atoms with E-state index in [-0.39, 0.29) is 5.82 Å². The number of methoxy groups -OCH3 is 1. The Bertz CT molecular complexity index is 1040. The van der Waals surface area contributed by atoms with Gasteiger partial charge in [0, 0.05) is 19.3 Å². The zero-order valence-corrected chi connectivity index (χ0v) is 20.9. The van der Waals surface area contributed by atoms with Gasteiger partial charge in [-0.25, -0.2) is 9.37 Å². The van der Waals surface area contributed by atoms with Crippen LogP contribution in [0.5, 0.6) is 5.88 Å². The van der Waals surface area contributed by atoms with Gasteiger partial charge in [0.1, 0.15) is 5.82 Å². The van der Waals surface area contributed by atoms with Gasteiger partial charge < -0.3 is 20.5 Å². The van der Waals surface area contributed by atoms with E-state index in [1.807, 2.05) is 30.3 Å². The monoisotopic (exact) mass is 481 g/mol. The van der Waals surface area contributed by atoms with Gasteiger partial charge >= 0.3 is 5.97 Å². The number of rotatable bonds is 11. The molecule has 0 saturated heterocycles. The summed E-state index contributed by atoms with van der Waals surface area (Å²) in [6.07, 6.45) is 2.68. The highest BCUT2D eigenvalue weighted by Gasteiger charge is 2.29. The van der Waals surface area contributed by atoms with Gasteiger partial charge in [0.2, 0.25) is 5.88 Å². The topological polar surface area (TPSA) is 83.5 Å². The number of carboxylic acid groups (broad SMARTS) is 1. The molecule has 3 N–H and O–H groups in total. The van der Waals surface area contributed by atoms with E-state index in [1.165, 1.54) is 12.1 Å². The summed E-state index contributed by atoms with van der Waals surface area (Å²) >= 11 is 0. The first-order chi connectivity index (χ1) is 16.8. The van der Waals surface area contributed by atoms with Crippen LogP contribution in [0.2, 0.25) is 0 Å². The number of halogens is 1. The number of nitrogens with one attached hydrogen (secondary N) is 2. The maximum Gasteiger partial charge on any atom is 0.313 e. The summed E-state index contributed by atoms with van der Waals surface area (Å²) in [7, 11) is 1.61. The number of anilines is 1. The number of nitrogens with zero attached hydrogens (tertiary/aromatic N) is 1. The molecule has 3 aromatic rings.